The zero-order valence-corrected chi connectivity index (χ0v) is 13.2. The monoisotopic (exact) mass is 367 g/mol. The van der Waals surface area contributed by atoms with Crippen LogP contribution < -0.4 is 5.32 Å². The van der Waals surface area contributed by atoms with Crippen LogP contribution in [0.2, 0.25) is 5.02 Å². The van der Waals surface area contributed by atoms with Gasteiger partial charge in [0.25, 0.3) is 0 Å². The fraction of sp³-hybridized carbons (Fsp3) is 0.538. The Kier molecular flexibility index (Phi) is 6.03. The first-order valence-corrected chi connectivity index (χ1v) is 7.32. The van der Waals surface area contributed by atoms with E-state index < -0.39 is 0 Å². The quantitative estimate of drug-likeness (QED) is 0.740. The summed E-state index contributed by atoms with van der Waals surface area (Å²) in [5.41, 5.74) is 1.05. The van der Waals surface area contributed by atoms with Crippen LogP contribution in [0, 0.1) is 8.99 Å². The van der Waals surface area contributed by atoms with Crippen LogP contribution in [-0.4, -0.2) is 18.3 Å². The van der Waals surface area contributed by atoms with Crippen LogP contribution in [0.25, 0.3) is 0 Å². The van der Waals surface area contributed by atoms with Gasteiger partial charge in [-0.15, -0.1) is 0 Å². The average Bonchev–Trinajstić information content (AvgIpc) is 2.33. The molecule has 0 aliphatic rings. The van der Waals surface area contributed by atoms with Crippen molar-refractivity contribution in [2.24, 2.45) is 5.41 Å². The summed E-state index contributed by atoms with van der Waals surface area (Å²) in [6, 6.07) is 5.80. The molecule has 0 bridgehead atoms. The third-order valence-corrected chi connectivity index (χ3v) is 4.55. The number of hydrogen-bond acceptors (Lipinski definition) is 2. The van der Waals surface area contributed by atoms with E-state index >= 15 is 0 Å². The van der Waals surface area contributed by atoms with Gasteiger partial charge in [-0.25, -0.2) is 0 Å². The second kappa shape index (κ2) is 6.81. The Morgan fingerprint density at radius 1 is 1.35 bits per heavy atom. The lowest BCUT2D eigenvalue weighted by atomic mass is 9.83. The molecule has 0 spiro atoms. The number of nitrogens with one attached hydrogen (secondary N) is 1. The van der Waals surface area contributed by atoms with E-state index in [-0.39, 0.29) is 12.0 Å². The maximum Gasteiger partial charge on any atom is 0.0504 e. The van der Waals surface area contributed by atoms with Gasteiger partial charge in [-0.05, 0) is 53.6 Å². The van der Waals surface area contributed by atoms with E-state index in [1.807, 2.05) is 18.2 Å². The molecule has 96 valence electrons. The van der Waals surface area contributed by atoms with Crippen LogP contribution in [0.5, 0.6) is 0 Å². The second-order valence-electron chi connectivity index (χ2n) is 4.34. The van der Waals surface area contributed by atoms with Crippen molar-refractivity contribution in [3.8, 4) is 0 Å². The number of rotatable bonds is 6. The third-order valence-electron chi connectivity index (χ3n) is 3.42. The molecule has 1 rings (SSSR count). The molecule has 2 N–H and O–H groups in total. The molecule has 0 radical (unpaired) electrons. The summed E-state index contributed by atoms with van der Waals surface area (Å²) in [5.74, 6) is 0. The van der Waals surface area contributed by atoms with Gasteiger partial charge in [0.2, 0.25) is 0 Å². The van der Waals surface area contributed by atoms with E-state index in [9.17, 15) is 5.11 Å². The van der Waals surface area contributed by atoms with Crippen molar-refractivity contribution in [2.45, 2.75) is 26.7 Å². The standard InChI is InChI=1S/C13H19ClINO/c1-3-13(4-2,9-17)8-16-12-6-5-10(14)7-11(12)15/h5-7,16-17H,3-4,8-9H2,1-2H3. The molecular weight excluding hydrogens is 349 g/mol. The zero-order chi connectivity index (χ0) is 12.9. The first-order valence-electron chi connectivity index (χ1n) is 5.86. The summed E-state index contributed by atoms with van der Waals surface area (Å²) in [5, 5.41) is 13.7. The van der Waals surface area contributed by atoms with Crippen molar-refractivity contribution in [1.29, 1.82) is 0 Å². The van der Waals surface area contributed by atoms with Crippen LogP contribution in [0.3, 0.4) is 0 Å². The summed E-state index contributed by atoms with van der Waals surface area (Å²) in [6.45, 7) is 5.24. The maximum atomic E-state index is 9.50. The Labute approximate surface area is 122 Å². The number of anilines is 1. The van der Waals surface area contributed by atoms with Gasteiger partial charge in [-0.2, -0.15) is 0 Å². The van der Waals surface area contributed by atoms with Crippen LogP contribution in [0.15, 0.2) is 18.2 Å². The fourth-order valence-corrected chi connectivity index (χ4v) is 2.76. The van der Waals surface area contributed by atoms with Crippen molar-refractivity contribution >= 4 is 39.9 Å². The molecule has 1 aromatic carbocycles. The number of hydrogen-bond donors (Lipinski definition) is 2. The number of halogens is 2. The molecule has 17 heavy (non-hydrogen) atoms. The molecule has 0 amide bonds. The Bertz CT molecular complexity index is 358. The van der Waals surface area contributed by atoms with Gasteiger partial charge in [-0.1, -0.05) is 25.4 Å². The lowest BCUT2D eigenvalue weighted by Gasteiger charge is -2.30. The average molecular weight is 368 g/mol. The van der Waals surface area contributed by atoms with E-state index in [1.54, 1.807) is 0 Å². The highest BCUT2D eigenvalue weighted by atomic mass is 127. The molecule has 0 aliphatic heterocycles. The third kappa shape index (κ3) is 4.00. The molecule has 2 nitrogen and oxygen atoms in total. The lowest BCUT2D eigenvalue weighted by Crippen LogP contribution is -2.32. The first-order chi connectivity index (χ1) is 8.06. The highest BCUT2D eigenvalue weighted by Gasteiger charge is 2.25. The molecule has 1 aromatic rings. The van der Waals surface area contributed by atoms with E-state index in [1.165, 1.54) is 0 Å². The summed E-state index contributed by atoms with van der Waals surface area (Å²) >= 11 is 8.18. The van der Waals surface area contributed by atoms with Crippen LogP contribution in [0.1, 0.15) is 26.7 Å². The summed E-state index contributed by atoms with van der Waals surface area (Å²) in [7, 11) is 0. The summed E-state index contributed by atoms with van der Waals surface area (Å²) < 4.78 is 1.11. The highest BCUT2D eigenvalue weighted by Crippen LogP contribution is 2.28. The van der Waals surface area contributed by atoms with Crippen molar-refractivity contribution in [3.63, 3.8) is 0 Å². The highest BCUT2D eigenvalue weighted by molar-refractivity contribution is 14.1. The minimum absolute atomic E-state index is 0.0251. The molecule has 0 atom stereocenters. The molecule has 0 unspecified atom stereocenters. The zero-order valence-electron chi connectivity index (χ0n) is 10.3. The van der Waals surface area contributed by atoms with Crippen LogP contribution in [-0.2, 0) is 0 Å². The fourth-order valence-electron chi connectivity index (χ4n) is 1.70. The van der Waals surface area contributed by atoms with E-state index in [0.717, 1.165) is 33.7 Å². The minimum atomic E-state index is -0.0251. The molecular formula is C13H19ClINO. The summed E-state index contributed by atoms with van der Waals surface area (Å²) in [6.07, 6.45) is 1.94. The predicted octanol–water partition coefficient (Wildman–Crippen LogP) is 4.16. The summed E-state index contributed by atoms with van der Waals surface area (Å²) in [4.78, 5) is 0. The van der Waals surface area contributed by atoms with Crippen molar-refractivity contribution < 1.29 is 5.11 Å². The van der Waals surface area contributed by atoms with Gasteiger partial charge in [0, 0.05) is 26.2 Å². The van der Waals surface area contributed by atoms with Crippen LogP contribution in [0.4, 0.5) is 5.69 Å². The molecule has 0 saturated carbocycles. The Morgan fingerprint density at radius 3 is 2.47 bits per heavy atom. The van der Waals surface area contributed by atoms with Crippen molar-refractivity contribution in [2.75, 3.05) is 18.5 Å². The molecule has 0 fully saturated rings. The molecule has 0 aromatic heterocycles. The van der Waals surface area contributed by atoms with Gasteiger partial charge >= 0.3 is 0 Å². The number of benzene rings is 1. The van der Waals surface area contributed by atoms with Gasteiger partial charge in [-0.3, -0.25) is 0 Å². The molecule has 0 heterocycles. The van der Waals surface area contributed by atoms with Gasteiger partial charge in [0.15, 0.2) is 0 Å². The minimum Gasteiger partial charge on any atom is -0.396 e. The first kappa shape index (κ1) is 15.1. The van der Waals surface area contributed by atoms with Crippen molar-refractivity contribution in [1.82, 2.24) is 0 Å². The number of aliphatic hydroxyl groups is 1. The topological polar surface area (TPSA) is 32.3 Å². The molecule has 0 saturated heterocycles. The largest absolute Gasteiger partial charge is 0.396 e. The Morgan fingerprint density at radius 2 is 2.00 bits per heavy atom. The Balaban J connectivity index is 2.72. The second-order valence-corrected chi connectivity index (χ2v) is 5.94. The SMILES string of the molecule is CCC(CC)(CO)CNc1ccc(Cl)cc1I. The Hall–Kier alpha value is -0.000000000000000111. The van der Waals surface area contributed by atoms with Crippen molar-refractivity contribution in [3.05, 3.63) is 26.8 Å². The van der Waals surface area contributed by atoms with E-state index in [2.05, 4.69) is 41.8 Å². The van der Waals surface area contributed by atoms with E-state index in [0.29, 0.717) is 0 Å². The smallest absolute Gasteiger partial charge is 0.0504 e. The maximum absolute atomic E-state index is 9.50. The number of aliphatic hydroxyl groups excluding tert-OH is 1. The van der Waals surface area contributed by atoms with Gasteiger partial charge < -0.3 is 10.4 Å². The normalized spacial score (nSPS) is 11.6. The van der Waals surface area contributed by atoms with E-state index in [4.69, 9.17) is 11.6 Å². The molecule has 4 heteroatoms. The lowest BCUT2D eigenvalue weighted by molar-refractivity contribution is 0.127. The van der Waals surface area contributed by atoms with Gasteiger partial charge in [0.05, 0.1) is 6.61 Å². The molecule has 0 aliphatic carbocycles. The van der Waals surface area contributed by atoms with Gasteiger partial charge in [0.1, 0.15) is 0 Å². The van der Waals surface area contributed by atoms with Crippen LogP contribution >= 0.6 is 34.2 Å². The predicted molar refractivity (Wildman–Crippen MR) is 82.8 cm³/mol.